The molecule has 0 aliphatic carbocycles. The Bertz CT molecular complexity index is 641. The van der Waals surface area contributed by atoms with Crippen LogP contribution in [0.3, 0.4) is 0 Å². The summed E-state index contributed by atoms with van der Waals surface area (Å²) in [6.07, 6.45) is 0. The maximum atomic E-state index is 5.20. The maximum Gasteiger partial charge on any atom is 0.161 e. The van der Waals surface area contributed by atoms with E-state index < -0.39 is 0 Å². The molecule has 138 valence electrons. The van der Waals surface area contributed by atoms with Crippen LogP contribution >= 0.6 is 45.7 Å². The highest BCUT2D eigenvalue weighted by Gasteiger charge is 2.11. The van der Waals surface area contributed by atoms with Crippen LogP contribution in [0.2, 0.25) is 0 Å². The van der Waals surface area contributed by atoms with E-state index in [1.165, 1.54) is 5.56 Å². The molecular weight excluding hydrogens is 464 g/mol. The predicted octanol–water partition coefficient (Wildman–Crippen LogP) is 6.35. The fourth-order valence-corrected chi connectivity index (χ4v) is 2.95. The largest absolute Gasteiger partial charge is 0.497 e. The van der Waals surface area contributed by atoms with Crippen LogP contribution in [-0.4, -0.2) is 17.8 Å². The Labute approximate surface area is 176 Å². The zero-order valence-electron chi connectivity index (χ0n) is 15.0. The molecule has 25 heavy (non-hydrogen) atoms. The smallest absolute Gasteiger partial charge is 0.161 e. The quantitative estimate of drug-likeness (QED) is 0.401. The number of nitrogens with zero attached hydrogens (tertiary/aromatic N) is 1. The van der Waals surface area contributed by atoms with E-state index >= 15 is 0 Å². The molecule has 2 aromatic rings. The zero-order valence-corrected chi connectivity index (χ0v) is 19.2. The fourth-order valence-electron chi connectivity index (χ4n) is 1.92. The molecule has 3 nitrogen and oxygen atoms in total. The summed E-state index contributed by atoms with van der Waals surface area (Å²) >= 11 is 1.71. The van der Waals surface area contributed by atoms with E-state index in [0.717, 1.165) is 22.4 Å². The van der Waals surface area contributed by atoms with Gasteiger partial charge in [0.05, 0.1) is 12.6 Å². The molecule has 2 rings (SSSR count). The third-order valence-electron chi connectivity index (χ3n) is 3.00. The van der Waals surface area contributed by atoms with Crippen molar-refractivity contribution in [3.05, 3.63) is 60.2 Å². The summed E-state index contributed by atoms with van der Waals surface area (Å²) in [5.41, 5.74) is 2.17. The summed E-state index contributed by atoms with van der Waals surface area (Å²) in [7, 11) is 1.67. The minimum atomic E-state index is -0.126. The van der Waals surface area contributed by atoms with Gasteiger partial charge in [0.15, 0.2) is 5.17 Å². The van der Waals surface area contributed by atoms with Crippen LogP contribution in [0.5, 0.6) is 5.75 Å². The van der Waals surface area contributed by atoms with Crippen LogP contribution in [-0.2, 0) is 5.75 Å². The van der Waals surface area contributed by atoms with E-state index in [9.17, 15) is 0 Å². The van der Waals surface area contributed by atoms with E-state index in [-0.39, 0.29) is 39.5 Å². The second kappa shape index (κ2) is 11.6. The molecule has 0 radical (unpaired) electrons. The van der Waals surface area contributed by atoms with Crippen molar-refractivity contribution in [3.63, 3.8) is 0 Å². The number of aliphatic imine (C=N–C) groups is 1. The summed E-state index contributed by atoms with van der Waals surface area (Å²) in [4.78, 5) is 4.80. The van der Waals surface area contributed by atoms with Gasteiger partial charge in [-0.15, -0.1) is 34.0 Å². The lowest BCUT2D eigenvalue weighted by Gasteiger charge is -2.17. The second-order valence-electron chi connectivity index (χ2n) is 6.22. The molecule has 0 heterocycles. The van der Waals surface area contributed by atoms with Crippen molar-refractivity contribution in [1.82, 2.24) is 0 Å². The number of nitrogens with one attached hydrogen (secondary N) is 1. The van der Waals surface area contributed by atoms with Crippen molar-refractivity contribution in [1.29, 1.82) is 0 Å². The molecule has 0 aromatic heterocycles. The number of anilines is 1. The minimum absolute atomic E-state index is 0. The van der Waals surface area contributed by atoms with Crippen LogP contribution in [0.4, 0.5) is 5.69 Å². The molecule has 0 atom stereocenters. The topological polar surface area (TPSA) is 33.6 Å². The van der Waals surface area contributed by atoms with Gasteiger partial charge >= 0.3 is 0 Å². The average Bonchev–Trinajstić information content (AvgIpc) is 2.53. The van der Waals surface area contributed by atoms with Gasteiger partial charge in [-0.3, -0.25) is 4.99 Å². The highest BCUT2D eigenvalue weighted by Crippen LogP contribution is 2.21. The number of ether oxygens (including phenoxy) is 1. The molecule has 0 fully saturated rings. The standard InChI is InChI=1S/C19H24N2OS.2BrH/c1-19(2,3)21-18(23-14-15-8-6-5-7-9-15)20-16-10-12-17(22-4)13-11-16;;/h5-13H,14H2,1-4H3,(H,20,21);2*1H. The first kappa shape index (κ1) is 24.0. The van der Waals surface area contributed by atoms with E-state index in [1.807, 2.05) is 30.3 Å². The van der Waals surface area contributed by atoms with E-state index in [2.05, 4.69) is 50.4 Å². The molecule has 0 spiro atoms. The van der Waals surface area contributed by atoms with Crippen LogP contribution in [0.1, 0.15) is 26.3 Å². The molecule has 6 heteroatoms. The molecule has 0 amide bonds. The van der Waals surface area contributed by atoms with Crippen molar-refractivity contribution in [2.24, 2.45) is 4.99 Å². The molecule has 0 saturated carbocycles. The molecule has 0 unspecified atom stereocenters. The summed E-state index contributed by atoms with van der Waals surface area (Å²) in [6, 6.07) is 18.3. The van der Waals surface area contributed by atoms with Gasteiger partial charge in [-0.2, -0.15) is 0 Å². The van der Waals surface area contributed by atoms with Crippen LogP contribution < -0.4 is 10.1 Å². The Morgan fingerprint density at radius 1 is 1.00 bits per heavy atom. The van der Waals surface area contributed by atoms with Crippen molar-refractivity contribution in [3.8, 4) is 5.75 Å². The number of hydrogen-bond acceptors (Lipinski definition) is 3. The molecule has 0 saturated heterocycles. The number of rotatable bonds is 4. The lowest BCUT2D eigenvalue weighted by atomic mass is 10.1. The van der Waals surface area contributed by atoms with Gasteiger partial charge in [-0.25, -0.2) is 0 Å². The van der Waals surface area contributed by atoms with Gasteiger partial charge in [0.1, 0.15) is 5.75 Å². The number of halogens is 2. The summed E-state index contributed by atoms with van der Waals surface area (Å²) < 4.78 is 5.20. The SMILES string of the molecule is Br.Br.COc1ccc(NC(=NC(C)(C)C)SCc2ccccc2)cc1. The van der Waals surface area contributed by atoms with Gasteiger partial charge in [-0.05, 0) is 50.6 Å². The Kier molecular flexibility index (Phi) is 11.1. The highest BCUT2D eigenvalue weighted by atomic mass is 79.9. The van der Waals surface area contributed by atoms with Gasteiger partial charge in [-0.1, -0.05) is 42.1 Å². The summed E-state index contributed by atoms with van der Waals surface area (Å²) in [6.45, 7) is 6.31. The van der Waals surface area contributed by atoms with Gasteiger partial charge < -0.3 is 10.1 Å². The van der Waals surface area contributed by atoms with E-state index in [4.69, 9.17) is 9.73 Å². The first-order valence-corrected chi connectivity index (χ1v) is 8.62. The van der Waals surface area contributed by atoms with Crippen molar-refractivity contribution >= 4 is 56.6 Å². The lowest BCUT2D eigenvalue weighted by Crippen LogP contribution is -2.18. The molecular formula is C19H26Br2N2OS. The summed E-state index contributed by atoms with van der Waals surface area (Å²) in [5.74, 6) is 1.74. The van der Waals surface area contributed by atoms with Crippen molar-refractivity contribution in [2.45, 2.75) is 32.1 Å². The Morgan fingerprint density at radius 2 is 1.60 bits per heavy atom. The third-order valence-corrected chi connectivity index (χ3v) is 3.94. The fraction of sp³-hybridized carbons (Fsp3) is 0.316. The number of amidine groups is 1. The Hall–Kier alpha value is -0.980. The van der Waals surface area contributed by atoms with Crippen molar-refractivity contribution < 1.29 is 4.74 Å². The number of hydrogen-bond donors (Lipinski definition) is 1. The lowest BCUT2D eigenvalue weighted by molar-refractivity contribution is 0.415. The van der Waals surface area contributed by atoms with E-state index in [1.54, 1.807) is 18.9 Å². The predicted molar refractivity (Wildman–Crippen MR) is 122 cm³/mol. The summed E-state index contributed by atoms with van der Waals surface area (Å²) in [5, 5.41) is 4.34. The molecule has 2 aromatic carbocycles. The Balaban J connectivity index is 0.00000288. The average molecular weight is 490 g/mol. The first-order valence-electron chi connectivity index (χ1n) is 7.64. The molecule has 0 bridgehead atoms. The first-order chi connectivity index (χ1) is 11.0. The minimum Gasteiger partial charge on any atom is -0.497 e. The molecule has 0 aliphatic rings. The van der Waals surface area contributed by atoms with Crippen LogP contribution in [0.15, 0.2) is 59.6 Å². The second-order valence-corrected chi connectivity index (χ2v) is 7.18. The van der Waals surface area contributed by atoms with Gasteiger partial charge in [0, 0.05) is 11.4 Å². The monoisotopic (exact) mass is 488 g/mol. The van der Waals surface area contributed by atoms with E-state index in [0.29, 0.717) is 0 Å². The Morgan fingerprint density at radius 3 is 2.12 bits per heavy atom. The maximum absolute atomic E-state index is 5.20. The highest BCUT2D eigenvalue weighted by molar-refractivity contribution is 8.93. The van der Waals surface area contributed by atoms with Crippen LogP contribution in [0, 0.1) is 0 Å². The zero-order chi connectivity index (χ0) is 16.7. The number of thioether (sulfide) groups is 1. The van der Waals surface area contributed by atoms with Crippen molar-refractivity contribution in [2.75, 3.05) is 12.4 Å². The van der Waals surface area contributed by atoms with Gasteiger partial charge in [0.25, 0.3) is 0 Å². The number of methoxy groups -OCH3 is 1. The normalized spacial score (nSPS) is 11.1. The number of benzene rings is 2. The van der Waals surface area contributed by atoms with Gasteiger partial charge in [0.2, 0.25) is 0 Å². The molecule has 1 N–H and O–H groups in total. The third kappa shape index (κ3) is 9.33. The van der Waals surface area contributed by atoms with Crippen LogP contribution in [0.25, 0.3) is 0 Å². The molecule has 0 aliphatic heterocycles.